The maximum Gasteiger partial charge on any atom is 0.384 e. The molecular formula is C20H23N2O5P. The van der Waals surface area contributed by atoms with Crippen molar-refractivity contribution in [2.75, 3.05) is 26.6 Å². The summed E-state index contributed by atoms with van der Waals surface area (Å²) in [5.74, 6) is 1.44. The fourth-order valence-electron chi connectivity index (χ4n) is 2.71. The predicted octanol–water partition coefficient (Wildman–Crippen LogP) is 4.00. The molecule has 0 amide bonds. The lowest BCUT2D eigenvalue weighted by atomic mass is 10.2. The zero-order valence-corrected chi connectivity index (χ0v) is 16.9. The number of aromatic nitrogens is 1. The average Bonchev–Trinajstić information content (AvgIpc) is 3.15. The predicted molar refractivity (Wildman–Crippen MR) is 107 cm³/mol. The number of oxazole rings is 1. The second kappa shape index (κ2) is 9.06. The van der Waals surface area contributed by atoms with Gasteiger partial charge in [0, 0.05) is 27.2 Å². The van der Waals surface area contributed by atoms with Crippen LogP contribution >= 0.6 is 7.60 Å². The van der Waals surface area contributed by atoms with E-state index in [4.69, 9.17) is 18.2 Å². The summed E-state index contributed by atoms with van der Waals surface area (Å²) in [6.45, 7) is 0.428. The highest BCUT2D eigenvalue weighted by Crippen LogP contribution is 2.47. The normalized spacial score (nSPS) is 11.4. The number of hydrogen-bond donors (Lipinski definition) is 1. The smallest absolute Gasteiger partial charge is 0.384 e. The van der Waals surface area contributed by atoms with Gasteiger partial charge < -0.3 is 23.5 Å². The topological polar surface area (TPSA) is 82.8 Å². The van der Waals surface area contributed by atoms with Gasteiger partial charge in [-0.2, -0.15) is 0 Å². The van der Waals surface area contributed by atoms with Crippen molar-refractivity contribution in [3.8, 4) is 5.75 Å². The van der Waals surface area contributed by atoms with Gasteiger partial charge in [0.15, 0.2) is 0 Å². The van der Waals surface area contributed by atoms with E-state index in [-0.39, 0.29) is 11.3 Å². The lowest BCUT2D eigenvalue weighted by Gasteiger charge is -2.12. The molecule has 0 unspecified atom stereocenters. The van der Waals surface area contributed by atoms with Gasteiger partial charge in [-0.1, -0.05) is 42.5 Å². The van der Waals surface area contributed by atoms with Gasteiger partial charge in [0.25, 0.3) is 0 Å². The molecule has 1 heterocycles. The molecule has 0 saturated heterocycles. The van der Waals surface area contributed by atoms with Crippen LogP contribution in [0.15, 0.2) is 59.0 Å². The van der Waals surface area contributed by atoms with Crippen LogP contribution in [0, 0.1) is 0 Å². The van der Waals surface area contributed by atoms with Crippen LogP contribution in [0.5, 0.6) is 5.75 Å². The lowest BCUT2D eigenvalue weighted by Crippen LogP contribution is -2.15. The second-order valence-electron chi connectivity index (χ2n) is 5.99. The molecule has 0 bridgehead atoms. The Labute approximate surface area is 164 Å². The molecule has 0 spiro atoms. The van der Waals surface area contributed by atoms with E-state index in [2.05, 4.69) is 10.3 Å². The number of methoxy groups -OCH3 is 1. The maximum atomic E-state index is 12.9. The Morgan fingerprint density at radius 3 is 2.39 bits per heavy atom. The fourth-order valence-corrected chi connectivity index (χ4v) is 3.82. The van der Waals surface area contributed by atoms with Gasteiger partial charge in [-0.25, -0.2) is 4.98 Å². The molecule has 8 heteroatoms. The molecule has 148 valence electrons. The molecular weight excluding hydrogens is 379 g/mol. The van der Waals surface area contributed by atoms with Crippen LogP contribution < -0.4 is 15.5 Å². The minimum Gasteiger partial charge on any atom is -0.497 e. The van der Waals surface area contributed by atoms with E-state index in [9.17, 15) is 4.57 Å². The molecule has 2 aromatic carbocycles. The second-order valence-corrected chi connectivity index (χ2v) is 8.14. The summed E-state index contributed by atoms with van der Waals surface area (Å²) in [6.07, 6.45) is 0.460. The SMILES string of the molecule is COc1cccc(CNc2oc(Cc3ccccc3)nc2P(=O)(OC)OC)c1. The standard InChI is InChI=1S/C20H23N2O5P/c1-24-17-11-7-10-16(12-17)14-21-19-20(28(23,25-2)26-3)22-18(27-19)13-15-8-5-4-6-9-15/h4-12,21H,13-14H2,1-3H3. The number of anilines is 1. The van der Waals surface area contributed by atoms with Crippen LogP contribution in [0.25, 0.3) is 0 Å². The van der Waals surface area contributed by atoms with Crippen molar-refractivity contribution in [2.45, 2.75) is 13.0 Å². The average molecular weight is 402 g/mol. The van der Waals surface area contributed by atoms with Crippen LogP contribution in [0.2, 0.25) is 0 Å². The van der Waals surface area contributed by atoms with Crippen molar-refractivity contribution in [1.29, 1.82) is 0 Å². The van der Waals surface area contributed by atoms with Gasteiger partial charge in [0.2, 0.25) is 17.2 Å². The molecule has 7 nitrogen and oxygen atoms in total. The molecule has 0 radical (unpaired) electrons. The van der Waals surface area contributed by atoms with Crippen LogP contribution in [-0.4, -0.2) is 26.3 Å². The summed E-state index contributed by atoms with van der Waals surface area (Å²) in [6, 6.07) is 17.4. The van der Waals surface area contributed by atoms with Crippen LogP contribution in [0.3, 0.4) is 0 Å². The zero-order valence-electron chi connectivity index (χ0n) is 16.0. The number of rotatable bonds is 9. The zero-order chi connectivity index (χ0) is 20.0. The molecule has 0 saturated carbocycles. The number of nitrogens with zero attached hydrogens (tertiary/aromatic N) is 1. The third-order valence-electron chi connectivity index (χ3n) is 4.18. The van der Waals surface area contributed by atoms with E-state index in [1.807, 2.05) is 54.6 Å². The van der Waals surface area contributed by atoms with E-state index in [1.165, 1.54) is 14.2 Å². The monoisotopic (exact) mass is 402 g/mol. The quantitative estimate of drug-likeness (QED) is 0.542. The van der Waals surface area contributed by atoms with Crippen molar-refractivity contribution >= 4 is 18.9 Å². The van der Waals surface area contributed by atoms with Crippen LogP contribution in [-0.2, 0) is 26.6 Å². The maximum absolute atomic E-state index is 12.9. The van der Waals surface area contributed by atoms with Crippen molar-refractivity contribution in [2.24, 2.45) is 0 Å². The Morgan fingerprint density at radius 1 is 1.00 bits per heavy atom. The first-order valence-electron chi connectivity index (χ1n) is 8.70. The Hall–Kier alpha value is -2.60. The molecule has 0 fully saturated rings. The van der Waals surface area contributed by atoms with E-state index >= 15 is 0 Å². The fraction of sp³-hybridized carbons (Fsp3) is 0.250. The lowest BCUT2D eigenvalue weighted by molar-refractivity contribution is 0.286. The van der Waals surface area contributed by atoms with Gasteiger partial charge >= 0.3 is 7.60 Å². The third-order valence-corrected chi connectivity index (χ3v) is 5.96. The van der Waals surface area contributed by atoms with Gasteiger partial charge in [-0.05, 0) is 23.3 Å². The highest BCUT2D eigenvalue weighted by atomic mass is 31.2. The largest absolute Gasteiger partial charge is 0.497 e. The molecule has 0 aliphatic rings. The Bertz CT molecular complexity index is 950. The Balaban J connectivity index is 1.87. The highest BCUT2D eigenvalue weighted by molar-refractivity contribution is 7.62. The van der Waals surface area contributed by atoms with Crippen LogP contribution in [0.1, 0.15) is 17.0 Å². The summed E-state index contributed by atoms with van der Waals surface area (Å²) >= 11 is 0. The first-order chi connectivity index (χ1) is 13.6. The number of hydrogen-bond acceptors (Lipinski definition) is 7. The summed E-state index contributed by atoms with van der Waals surface area (Å²) < 4.78 is 34.3. The molecule has 0 aliphatic carbocycles. The third kappa shape index (κ3) is 4.62. The van der Waals surface area contributed by atoms with Crippen molar-refractivity contribution in [1.82, 2.24) is 4.98 Å². The minimum atomic E-state index is -3.58. The van der Waals surface area contributed by atoms with Gasteiger partial charge in [-0.3, -0.25) is 4.57 Å². The van der Waals surface area contributed by atoms with Crippen molar-refractivity contribution in [3.63, 3.8) is 0 Å². The first kappa shape index (κ1) is 20.1. The number of benzene rings is 2. The number of nitrogens with one attached hydrogen (secondary N) is 1. The van der Waals surface area contributed by atoms with Crippen molar-refractivity contribution in [3.05, 3.63) is 71.6 Å². The van der Waals surface area contributed by atoms with Crippen LogP contribution in [0.4, 0.5) is 5.88 Å². The highest BCUT2D eigenvalue weighted by Gasteiger charge is 2.34. The molecule has 28 heavy (non-hydrogen) atoms. The molecule has 0 aliphatic heterocycles. The first-order valence-corrected chi connectivity index (χ1v) is 10.2. The summed E-state index contributed by atoms with van der Waals surface area (Å²) in [7, 11) is 0.674. The van der Waals surface area contributed by atoms with E-state index in [0.717, 1.165) is 16.9 Å². The molecule has 3 aromatic rings. The molecule has 0 atom stereocenters. The summed E-state index contributed by atoms with van der Waals surface area (Å²) in [5.41, 5.74) is 2.13. The summed E-state index contributed by atoms with van der Waals surface area (Å²) in [5, 5.41) is 3.14. The van der Waals surface area contributed by atoms with Gasteiger partial charge in [0.1, 0.15) is 5.75 Å². The molecule has 1 aromatic heterocycles. The van der Waals surface area contributed by atoms with E-state index in [1.54, 1.807) is 7.11 Å². The number of ether oxygens (including phenoxy) is 1. The summed E-state index contributed by atoms with van der Waals surface area (Å²) in [4.78, 5) is 4.40. The Kier molecular flexibility index (Phi) is 6.52. The van der Waals surface area contributed by atoms with Gasteiger partial charge in [0.05, 0.1) is 7.11 Å². The molecule has 3 rings (SSSR count). The van der Waals surface area contributed by atoms with Gasteiger partial charge in [-0.15, -0.1) is 0 Å². The Morgan fingerprint density at radius 2 is 1.71 bits per heavy atom. The van der Waals surface area contributed by atoms with E-state index in [0.29, 0.717) is 18.9 Å². The van der Waals surface area contributed by atoms with Crippen molar-refractivity contribution < 1.29 is 22.8 Å². The van der Waals surface area contributed by atoms with E-state index < -0.39 is 7.60 Å². The minimum absolute atomic E-state index is 0.131. The molecule has 1 N–H and O–H groups in total.